The van der Waals surface area contributed by atoms with Gasteiger partial charge in [-0.15, -0.1) is 11.3 Å². The number of halogens is 4. The van der Waals surface area contributed by atoms with Crippen LogP contribution in [-0.4, -0.2) is 4.98 Å². The van der Waals surface area contributed by atoms with E-state index in [0.717, 1.165) is 27.7 Å². The lowest BCUT2D eigenvalue weighted by Crippen LogP contribution is -2.14. The third-order valence-electron chi connectivity index (χ3n) is 2.95. The van der Waals surface area contributed by atoms with Gasteiger partial charge in [0.2, 0.25) is 0 Å². The van der Waals surface area contributed by atoms with Gasteiger partial charge >= 0.3 is 6.18 Å². The van der Waals surface area contributed by atoms with Crippen LogP contribution in [0.3, 0.4) is 0 Å². The third-order valence-corrected chi connectivity index (χ3v) is 4.02. The molecule has 0 bridgehead atoms. The minimum atomic E-state index is -4.68. The fourth-order valence-electron chi connectivity index (χ4n) is 1.96. The van der Waals surface area contributed by atoms with Gasteiger partial charge in [-0.2, -0.15) is 13.2 Å². The van der Waals surface area contributed by atoms with Crippen LogP contribution in [-0.2, 0) is 19.3 Å². The molecule has 0 saturated carbocycles. The van der Waals surface area contributed by atoms with E-state index in [-0.39, 0.29) is 6.54 Å². The van der Waals surface area contributed by atoms with Crippen molar-refractivity contribution in [1.82, 2.24) is 10.3 Å². The number of alkyl halides is 3. The van der Waals surface area contributed by atoms with Crippen LogP contribution in [0.15, 0.2) is 18.2 Å². The predicted octanol–water partition coefficient (Wildman–Crippen LogP) is 4.21. The molecule has 0 fully saturated rings. The maximum absolute atomic E-state index is 13.2. The highest BCUT2D eigenvalue weighted by Crippen LogP contribution is 2.31. The zero-order valence-electron chi connectivity index (χ0n) is 11.5. The Kier molecular flexibility index (Phi) is 4.63. The van der Waals surface area contributed by atoms with Crippen molar-refractivity contribution in [2.45, 2.75) is 33.1 Å². The summed E-state index contributed by atoms with van der Waals surface area (Å²) in [6.45, 7) is 4.55. The van der Waals surface area contributed by atoms with Crippen LogP contribution >= 0.6 is 11.3 Å². The SMILES string of the molecule is Cc1nc(C)c(CNCc2ccc(F)c(C(F)(F)F)c2)s1. The monoisotopic (exact) mass is 318 g/mol. The molecule has 21 heavy (non-hydrogen) atoms. The lowest BCUT2D eigenvalue weighted by Gasteiger charge is -2.10. The maximum atomic E-state index is 13.2. The average Bonchev–Trinajstić information content (AvgIpc) is 2.68. The van der Waals surface area contributed by atoms with Crippen molar-refractivity contribution in [1.29, 1.82) is 0 Å². The second-order valence-corrected chi connectivity index (χ2v) is 5.94. The zero-order chi connectivity index (χ0) is 15.6. The molecule has 2 aromatic rings. The fraction of sp³-hybridized carbons (Fsp3) is 0.357. The third kappa shape index (κ3) is 4.01. The summed E-state index contributed by atoms with van der Waals surface area (Å²) in [5.74, 6) is -1.25. The summed E-state index contributed by atoms with van der Waals surface area (Å²) < 4.78 is 51.0. The number of thiazole rings is 1. The molecule has 0 saturated heterocycles. The molecule has 0 atom stereocenters. The first-order valence-electron chi connectivity index (χ1n) is 6.26. The molecular formula is C14H14F4N2S. The van der Waals surface area contributed by atoms with Crippen LogP contribution in [0.2, 0.25) is 0 Å². The van der Waals surface area contributed by atoms with E-state index in [2.05, 4.69) is 10.3 Å². The number of rotatable bonds is 4. The van der Waals surface area contributed by atoms with E-state index >= 15 is 0 Å². The second kappa shape index (κ2) is 6.11. The predicted molar refractivity (Wildman–Crippen MR) is 73.5 cm³/mol. The highest BCUT2D eigenvalue weighted by Gasteiger charge is 2.34. The average molecular weight is 318 g/mol. The Bertz CT molecular complexity index is 634. The van der Waals surface area contributed by atoms with Gasteiger partial charge in [-0.1, -0.05) is 6.07 Å². The van der Waals surface area contributed by atoms with Gasteiger partial charge in [0.15, 0.2) is 0 Å². The van der Waals surface area contributed by atoms with Gasteiger partial charge < -0.3 is 5.32 Å². The van der Waals surface area contributed by atoms with E-state index in [4.69, 9.17) is 0 Å². The van der Waals surface area contributed by atoms with E-state index in [9.17, 15) is 17.6 Å². The maximum Gasteiger partial charge on any atom is 0.419 e. The summed E-state index contributed by atoms with van der Waals surface area (Å²) in [4.78, 5) is 5.32. The first kappa shape index (κ1) is 15.9. The zero-order valence-corrected chi connectivity index (χ0v) is 12.3. The molecule has 1 aromatic carbocycles. The van der Waals surface area contributed by atoms with Gasteiger partial charge in [0.05, 0.1) is 16.3 Å². The fourth-order valence-corrected chi connectivity index (χ4v) is 2.86. The Morgan fingerprint density at radius 1 is 1.19 bits per heavy atom. The van der Waals surface area contributed by atoms with Crippen LogP contribution in [0.1, 0.15) is 26.7 Å². The number of aryl methyl sites for hydroxylation is 2. The Morgan fingerprint density at radius 2 is 1.90 bits per heavy atom. The summed E-state index contributed by atoms with van der Waals surface area (Å²) in [7, 11) is 0. The Hall–Kier alpha value is -1.47. The Balaban J connectivity index is 2.02. The van der Waals surface area contributed by atoms with Gasteiger partial charge in [0, 0.05) is 18.0 Å². The van der Waals surface area contributed by atoms with Crippen molar-refractivity contribution in [3.8, 4) is 0 Å². The summed E-state index contributed by atoms with van der Waals surface area (Å²) >= 11 is 1.55. The van der Waals surface area contributed by atoms with Crippen molar-refractivity contribution in [2.75, 3.05) is 0 Å². The number of nitrogens with zero attached hydrogens (tertiary/aromatic N) is 1. The van der Waals surface area contributed by atoms with Crippen LogP contribution in [0.5, 0.6) is 0 Å². The van der Waals surface area contributed by atoms with Gasteiger partial charge in [-0.3, -0.25) is 0 Å². The molecule has 1 N–H and O–H groups in total. The molecule has 1 heterocycles. The second-order valence-electron chi connectivity index (χ2n) is 4.66. The summed E-state index contributed by atoms with van der Waals surface area (Å²) in [5.41, 5.74) is 0.0781. The minimum Gasteiger partial charge on any atom is -0.308 e. The summed E-state index contributed by atoms with van der Waals surface area (Å²) in [6.07, 6.45) is -4.68. The van der Waals surface area contributed by atoms with Gasteiger partial charge in [-0.25, -0.2) is 9.37 Å². The molecular weight excluding hydrogens is 304 g/mol. The molecule has 7 heteroatoms. The van der Waals surface area contributed by atoms with Gasteiger partial charge in [0.1, 0.15) is 5.82 Å². The molecule has 0 amide bonds. The van der Waals surface area contributed by atoms with E-state index in [1.807, 2.05) is 13.8 Å². The number of aromatic nitrogens is 1. The van der Waals surface area contributed by atoms with E-state index in [1.165, 1.54) is 6.07 Å². The standard InChI is InChI=1S/C14H14F4N2S/c1-8-13(21-9(2)20-8)7-19-6-10-3-4-12(15)11(5-10)14(16,17)18/h3-5,19H,6-7H2,1-2H3. The van der Waals surface area contributed by atoms with Crippen LogP contribution < -0.4 is 5.32 Å². The summed E-state index contributed by atoms with van der Waals surface area (Å²) in [5, 5.41) is 4.00. The van der Waals surface area contributed by atoms with Crippen LogP contribution in [0.25, 0.3) is 0 Å². The highest BCUT2D eigenvalue weighted by atomic mass is 32.1. The number of hydrogen-bond acceptors (Lipinski definition) is 3. The molecule has 0 aliphatic carbocycles. The minimum absolute atomic E-state index is 0.236. The molecule has 0 spiro atoms. The van der Waals surface area contributed by atoms with Crippen LogP contribution in [0.4, 0.5) is 17.6 Å². The number of benzene rings is 1. The van der Waals surface area contributed by atoms with Gasteiger partial charge in [0.25, 0.3) is 0 Å². The molecule has 0 unspecified atom stereocenters. The smallest absolute Gasteiger partial charge is 0.308 e. The van der Waals surface area contributed by atoms with Gasteiger partial charge in [-0.05, 0) is 31.5 Å². The van der Waals surface area contributed by atoms with Crippen molar-refractivity contribution < 1.29 is 17.6 Å². The Labute approximate surface area is 123 Å². The van der Waals surface area contributed by atoms with E-state index < -0.39 is 17.6 Å². The van der Waals surface area contributed by atoms with Crippen molar-refractivity contribution in [3.63, 3.8) is 0 Å². The first-order chi connectivity index (χ1) is 9.77. The molecule has 1 aromatic heterocycles. The molecule has 114 valence electrons. The molecule has 2 rings (SSSR count). The molecule has 0 radical (unpaired) electrons. The molecule has 0 aliphatic rings. The van der Waals surface area contributed by atoms with Crippen LogP contribution in [0, 0.1) is 19.7 Å². The van der Waals surface area contributed by atoms with E-state index in [1.54, 1.807) is 11.3 Å². The first-order valence-corrected chi connectivity index (χ1v) is 7.08. The normalized spacial score (nSPS) is 11.9. The van der Waals surface area contributed by atoms with Crippen molar-refractivity contribution in [2.24, 2.45) is 0 Å². The highest BCUT2D eigenvalue weighted by molar-refractivity contribution is 7.11. The number of nitrogens with one attached hydrogen (secondary N) is 1. The largest absolute Gasteiger partial charge is 0.419 e. The molecule has 2 nitrogen and oxygen atoms in total. The molecule has 0 aliphatic heterocycles. The Morgan fingerprint density at radius 3 is 2.48 bits per heavy atom. The lowest BCUT2D eigenvalue weighted by molar-refractivity contribution is -0.140. The summed E-state index contributed by atoms with van der Waals surface area (Å²) in [6, 6.07) is 3.04. The lowest BCUT2D eigenvalue weighted by atomic mass is 10.1. The quantitative estimate of drug-likeness (QED) is 0.854. The number of hydrogen-bond donors (Lipinski definition) is 1. The van der Waals surface area contributed by atoms with Crippen molar-refractivity contribution in [3.05, 3.63) is 50.7 Å². The van der Waals surface area contributed by atoms with Crippen molar-refractivity contribution >= 4 is 11.3 Å². The topological polar surface area (TPSA) is 24.9 Å². The van der Waals surface area contributed by atoms with E-state index in [0.29, 0.717) is 12.1 Å².